The van der Waals surface area contributed by atoms with Crippen molar-refractivity contribution in [3.8, 4) is 0 Å². The molecule has 1 aliphatic heterocycles. The van der Waals surface area contributed by atoms with Crippen LogP contribution in [-0.2, 0) is 9.59 Å². The van der Waals surface area contributed by atoms with E-state index in [0.717, 1.165) is 4.90 Å². The molecule has 5 nitrogen and oxygen atoms in total. The van der Waals surface area contributed by atoms with E-state index in [1.165, 1.54) is 23.6 Å². The van der Waals surface area contributed by atoms with E-state index in [9.17, 15) is 22.8 Å². The summed E-state index contributed by atoms with van der Waals surface area (Å²) in [5.74, 6) is -5.49. The summed E-state index contributed by atoms with van der Waals surface area (Å²) in [6.07, 6.45) is -2.76. The Morgan fingerprint density at radius 2 is 1.92 bits per heavy atom. The molecule has 0 spiro atoms. The minimum atomic E-state index is -4.61. The predicted octanol–water partition coefficient (Wildman–Crippen LogP) is 3.35. The van der Waals surface area contributed by atoms with Crippen molar-refractivity contribution in [2.45, 2.75) is 24.0 Å². The van der Waals surface area contributed by atoms with Gasteiger partial charge in [-0.2, -0.15) is 13.2 Å². The highest BCUT2D eigenvalue weighted by Gasteiger charge is 2.53. The fraction of sp³-hybridized carbons (Fsp3) is 0.500. The van der Waals surface area contributed by atoms with Crippen molar-refractivity contribution < 1.29 is 27.9 Å². The summed E-state index contributed by atoms with van der Waals surface area (Å²) in [6, 6.07) is 6.22. The first-order valence-electron chi connectivity index (χ1n) is 7.62. The Balaban J connectivity index is 0.00000338. The summed E-state index contributed by atoms with van der Waals surface area (Å²) in [6.45, 7) is 0.673. The quantitative estimate of drug-likeness (QED) is 0.726. The van der Waals surface area contributed by atoms with Crippen LogP contribution in [0.3, 0.4) is 0 Å². The smallest absolute Gasteiger partial charge is 0.393 e. The lowest BCUT2D eigenvalue weighted by Gasteiger charge is -2.24. The van der Waals surface area contributed by atoms with E-state index in [0.29, 0.717) is 5.69 Å². The molecule has 1 amide bonds. The summed E-state index contributed by atoms with van der Waals surface area (Å²) in [4.78, 5) is 25.7. The first-order chi connectivity index (χ1) is 11.6. The maximum absolute atomic E-state index is 13.1. The van der Waals surface area contributed by atoms with Crippen molar-refractivity contribution >= 4 is 41.7 Å². The minimum absolute atomic E-state index is 0. The van der Waals surface area contributed by atoms with Crippen molar-refractivity contribution in [3.05, 3.63) is 24.3 Å². The molecule has 1 saturated heterocycles. The number of anilines is 1. The van der Waals surface area contributed by atoms with Crippen molar-refractivity contribution in [3.63, 3.8) is 0 Å². The molecule has 1 aromatic carbocycles. The van der Waals surface area contributed by atoms with Crippen LogP contribution in [0, 0.1) is 11.8 Å². The van der Waals surface area contributed by atoms with Gasteiger partial charge in [-0.25, -0.2) is 0 Å². The molecular weight excluding hydrogens is 393 g/mol. The molecule has 2 rings (SSSR count). The molecule has 0 aliphatic carbocycles. The molecule has 1 fully saturated rings. The van der Waals surface area contributed by atoms with Crippen LogP contribution in [0.2, 0.25) is 0 Å². The number of carboxylic acid groups (broad SMARTS) is 1. The second-order valence-electron chi connectivity index (χ2n) is 5.91. The second-order valence-corrected chi connectivity index (χ2v) is 6.76. The fourth-order valence-corrected chi connectivity index (χ4v) is 3.44. The third-order valence-electron chi connectivity index (χ3n) is 4.38. The molecule has 26 heavy (non-hydrogen) atoms. The summed E-state index contributed by atoms with van der Waals surface area (Å²) in [5.41, 5.74) is 0.577. The van der Waals surface area contributed by atoms with Gasteiger partial charge in [-0.15, -0.1) is 24.2 Å². The molecule has 146 valence electrons. The molecule has 1 aromatic rings. The summed E-state index contributed by atoms with van der Waals surface area (Å²) in [5, 5.41) is 11.8. The van der Waals surface area contributed by atoms with Crippen molar-refractivity contribution in [2.24, 2.45) is 11.8 Å². The number of aliphatic carboxylic acids is 1. The van der Waals surface area contributed by atoms with E-state index in [1.807, 2.05) is 18.4 Å². The number of benzene rings is 1. The lowest BCUT2D eigenvalue weighted by molar-refractivity contribution is -0.188. The molecule has 0 bridgehead atoms. The third kappa shape index (κ3) is 5.05. The van der Waals surface area contributed by atoms with Crippen LogP contribution in [0.25, 0.3) is 0 Å². The van der Waals surface area contributed by atoms with Crippen molar-refractivity contribution in [1.82, 2.24) is 4.90 Å². The minimum Gasteiger partial charge on any atom is -0.481 e. The summed E-state index contributed by atoms with van der Waals surface area (Å²) in [7, 11) is 0. The van der Waals surface area contributed by atoms with Crippen molar-refractivity contribution in [2.75, 3.05) is 24.7 Å². The van der Waals surface area contributed by atoms with Gasteiger partial charge in [0.1, 0.15) is 0 Å². The lowest BCUT2D eigenvalue weighted by atomic mass is 9.96. The highest BCUT2D eigenvalue weighted by atomic mass is 35.5. The monoisotopic (exact) mass is 412 g/mol. The Bertz CT molecular complexity index is 660. The fourth-order valence-electron chi connectivity index (χ4n) is 2.88. The number of alkyl halides is 3. The number of amides is 1. The number of rotatable bonds is 5. The standard InChI is InChI=1S/C16H19F3N2O3S.ClH/c1-9(14(22)20-12-5-3-4-6-13(12)25-2)21-7-10(15(23)24)11(8-21)16(17,18)19;/h3-6,9-11H,7-8H2,1-2H3,(H,20,22)(H,23,24);1H/t9?,10-,11-;/m1./s1. The zero-order valence-corrected chi connectivity index (χ0v) is 15.7. The Kier molecular flexibility index (Phi) is 7.79. The zero-order valence-electron chi connectivity index (χ0n) is 14.1. The van der Waals surface area contributed by atoms with E-state index < -0.39 is 42.5 Å². The number of thioether (sulfide) groups is 1. The maximum Gasteiger partial charge on any atom is 0.393 e. The number of likely N-dealkylation sites (tertiary alicyclic amines) is 1. The normalized spacial score (nSPS) is 21.7. The van der Waals surface area contributed by atoms with Crippen LogP contribution in [0.15, 0.2) is 29.2 Å². The van der Waals surface area contributed by atoms with Gasteiger partial charge in [0.2, 0.25) is 5.91 Å². The highest BCUT2D eigenvalue weighted by molar-refractivity contribution is 7.98. The first kappa shape index (κ1) is 22.6. The Morgan fingerprint density at radius 3 is 2.42 bits per heavy atom. The molecule has 1 unspecified atom stereocenters. The van der Waals surface area contributed by atoms with Gasteiger partial charge < -0.3 is 10.4 Å². The van der Waals surface area contributed by atoms with Crippen LogP contribution >= 0.6 is 24.2 Å². The van der Waals surface area contributed by atoms with Crippen molar-refractivity contribution in [1.29, 1.82) is 0 Å². The van der Waals surface area contributed by atoms with Gasteiger partial charge in [-0.05, 0) is 25.3 Å². The van der Waals surface area contributed by atoms with Crippen LogP contribution in [0.4, 0.5) is 18.9 Å². The second kappa shape index (κ2) is 8.96. The number of nitrogens with one attached hydrogen (secondary N) is 1. The van der Waals surface area contributed by atoms with Crippen LogP contribution in [-0.4, -0.2) is 53.4 Å². The number of nitrogens with zero attached hydrogens (tertiary/aromatic N) is 1. The Morgan fingerprint density at radius 1 is 1.31 bits per heavy atom. The molecule has 1 aliphatic rings. The molecular formula is C16H20ClF3N2O3S. The van der Waals surface area contributed by atoms with Gasteiger partial charge in [0.15, 0.2) is 0 Å². The van der Waals surface area contributed by atoms with Crippen LogP contribution in [0.5, 0.6) is 0 Å². The molecule has 2 N–H and O–H groups in total. The van der Waals surface area contributed by atoms with Gasteiger partial charge in [-0.1, -0.05) is 12.1 Å². The van der Waals surface area contributed by atoms with Gasteiger partial charge in [-0.3, -0.25) is 14.5 Å². The third-order valence-corrected chi connectivity index (χ3v) is 5.17. The molecule has 10 heteroatoms. The number of carboxylic acids is 1. The number of hydrogen-bond acceptors (Lipinski definition) is 4. The average molecular weight is 413 g/mol. The molecule has 0 aromatic heterocycles. The number of carbonyl (C=O) groups excluding carboxylic acids is 1. The first-order valence-corrected chi connectivity index (χ1v) is 8.85. The number of halogens is 4. The summed E-state index contributed by atoms with van der Waals surface area (Å²) >= 11 is 1.43. The van der Waals surface area contributed by atoms with Gasteiger partial charge in [0.05, 0.1) is 23.6 Å². The molecule has 0 radical (unpaired) electrons. The topological polar surface area (TPSA) is 69.6 Å². The van der Waals surface area contributed by atoms with E-state index in [4.69, 9.17) is 5.11 Å². The summed E-state index contributed by atoms with van der Waals surface area (Å²) < 4.78 is 39.2. The largest absolute Gasteiger partial charge is 0.481 e. The highest BCUT2D eigenvalue weighted by Crippen LogP contribution is 2.38. The van der Waals surface area contributed by atoms with Gasteiger partial charge in [0, 0.05) is 18.0 Å². The van der Waals surface area contributed by atoms with E-state index in [1.54, 1.807) is 12.1 Å². The van der Waals surface area contributed by atoms with Gasteiger partial charge >= 0.3 is 12.1 Å². The number of hydrogen-bond donors (Lipinski definition) is 2. The zero-order chi connectivity index (χ0) is 18.8. The predicted molar refractivity (Wildman–Crippen MR) is 95.8 cm³/mol. The number of para-hydroxylation sites is 1. The van der Waals surface area contributed by atoms with Crippen LogP contribution < -0.4 is 5.32 Å². The average Bonchev–Trinajstić information content (AvgIpc) is 3.00. The van der Waals surface area contributed by atoms with E-state index >= 15 is 0 Å². The Hall–Kier alpha value is -1.45. The molecule has 3 atom stereocenters. The lowest BCUT2D eigenvalue weighted by Crippen LogP contribution is -2.41. The number of carbonyl (C=O) groups is 2. The Labute approximate surface area is 159 Å². The van der Waals surface area contributed by atoms with Crippen LogP contribution in [0.1, 0.15) is 6.92 Å². The maximum atomic E-state index is 13.1. The SMILES string of the molecule is CSc1ccccc1NC(=O)C(C)N1C[C@@H](C(F)(F)F)[C@H](C(=O)O)C1.Cl. The molecule has 1 heterocycles. The van der Waals surface area contributed by atoms with E-state index in [-0.39, 0.29) is 19.0 Å². The van der Waals surface area contributed by atoms with Gasteiger partial charge in [0.25, 0.3) is 0 Å². The van der Waals surface area contributed by atoms with E-state index in [2.05, 4.69) is 5.32 Å². The molecule has 0 saturated carbocycles.